The zero-order chi connectivity index (χ0) is 20.0. The van der Waals surface area contributed by atoms with Crippen LogP contribution in [0.2, 0.25) is 0 Å². The lowest BCUT2D eigenvalue weighted by molar-refractivity contribution is -0.138. The van der Waals surface area contributed by atoms with Crippen LogP contribution < -0.4 is 15.4 Å². The summed E-state index contributed by atoms with van der Waals surface area (Å²) in [6.07, 6.45) is -2.32. The van der Waals surface area contributed by atoms with E-state index in [1.807, 2.05) is 6.92 Å². The van der Waals surface area contributed by atoms with Crippen molar-refractivity contribution >= 4 is 18.3 Å². The maximum atomic E-state index is 13.4. The SMILES string of the molecule is CC(C)Oc1ccc(CNC(=O)CC(C)C2CCNCC2)c(C(F)(F)F)c1.Cl. The summed E-state index contributed by atoms with van der Waals surface area (Å²) in [6.45, 7) is 7.31. The number of amides is 1. The van der Waals surface area contributed by atoms with Gasteiger partial charge in [-0.2, -0.15) is 13.2 Å². The minimum Gasteiger partial charge on any atom is -0.491 e. The minimum absolute atomic E-state index is 0. The first-order valence-corrected chi connectivity index (χ1v) is 9.51. The summed E-state index contributed by atoms with van der Waals surface area (Å²) in [5, 5.41) is 5.94. The van der Waals surface area contributed by atoms with Crippen LogP contribution in [0.1, 0.15) is 51.2 Å². The number of hydrogen-bond acceptors (Lipinski definition) is 3. The molecule has 1 aromatic rings. The number of ether oxygens (including phenoxy) is 1. The monoisotopic (exact) mass is 422 g/mol. The highest BCUT2D eigenvalue weighted by Crippen LogP contribution is 2.34. The number of rotatable bonds is 7. The van der Waals surface area contributed by atoms with Crippen LogP contribution in [0, 0.1) is 11.8 Å². The molecule has 1 saturated heterocycles. The molecular formula is C20H30ClF3N2O2. The van der Waals surface area contributed by atoms with E-state index >= 15 is 0 Å². The van der Waals surface area contributed by atoms with Crippen molar-refractivity contribution in [3.05, 3.63) is 29.3 Å². The fourth-order valence-electron chi connectivity index (χ4n) is 3.46. The molecule has 0 saturated carbocycles. The van der Waals surface area contributed by atoms with Crippen LogP contribution >= 0.6 is 12.4 Å². The maximum Gasteiger partial charge on any atom is 0.416 e. The third-order valence-corrected chi connectivity index (χ3v) is 4.93. The average molecular weight is 423 g/mol. The third kappa shape index (κ3) is 7.51. The van der Waals surface area contributed by atoms with Crippen molar-refractivity contribution in [3.63, 3.8) is 0 Å². The van der Waals surface area contributed by atoms with Crippen LogP contribution in [0.3, 0.4) is 0 Å². The van der Waals surface area contributed by atoms with Crippen LogP contribution in [0.4, 0.5) is 13.2 Å². The van der Waals surface area contributed by atoms with E-state index in [-0.39, 0.29) is 48.2 Å². The molecule has 0 bridgehead atoms. The molecule has 1 aromatic carbocycles. The van der Waals surface area contributed by atoms with E-state index in [0.717, 1.165) is 32.0 Å². The van der Waals surface area contributed by atoms with Crippen molar-refractivity contribution in [2.24, 2.45) is 11.8 Å². The van der Waals surface area contributed by atoms with E-state index in [4.69, 9.17) is 4.74 Å². The maximum absolute atomic E-state index is 13.4. The second-order valence-corrected chi connectivity index (χ2v) is 7.53. The Labute approximate surface area is 171 Å². The zero-order valence-corrected chi connectivity index (χ0v) is 17.4. The van der Waals surface area contributed by atoms with E-state index in [2.05, 4.69) is 10.6 Å². The van der Waals surface area contributed by atoms with Gasteiger partial charge in [-0.05, 0) is 69.3 Å². The molecule has 1 fully saturated rings. The number of alkyl halides is 3. The molecule has 160 valence electrons. The van der Waals surface area contributed by atoms with Crippen molar-refractivity contribution in [2.45, 2.75) is 58.9 Å². The van der Waals surface area contributed by atoms with Crippen molar-refractivity contribution in [1.82, 2.24) is 10.6 Å². The smallest absolute Gasteiger partial charge is 0.416 e. The van der Waals surface area contributed by atoms with Crippen molar-refractivity contribution in [2.75, 3.05) is 13.1 Å². The number of hydrogen-bond donors (Lipinski definition) is 2. The summed E-state index contributed by atoms with van der Waals surface area (Å²) >= 11 is 0. The molecule has 0 spiro atoms. The van der Waals surface area contributed by atoms with E-state index in [1.54, 1.807) is 13.8 Å². The van der Waals surface area contributed by atoms with Gasteiger partial charge in [0.2, 0.25) is 5.91 Å². The zero-order valence-electron chi connectivity index (χ0n) is 16.6. The fraction of sp³-hybridized carbons (Fsp3) is 0.650. The number of piperidine rings is 1. The predicted molar refractivity (Wildman–Crippen MR) is 106 cm³/mol. The topological polar surface area (TPSA) is 50.4 Å². The molecule has 1 unspecified atom stereocenters. The molecule has 8 heteroatoms. The third-order valence-electron chi connectivity index (χ3n) is 4.93. The second kappa shape index (κ2) is 10.9. The summed E-state index contributed by atoms with van der Waals surface area (Å²) < 4.78 is 45.5. The highest BCUT2D eigenvalue weighted by Gasteiger charge is 2.34. The molecule has 0 aromatic heterocycles. The van der Waals surface area contributed by atoms with Crippen LogP contribution in [-0.2, 0) is 17.5 Å². The number of carbonyl (C=O) groups is 1. The van der Waals surface area contributed by atoms with E-state index in [1.165, 1.54) is 12.1 Å². The van der Waals surface area contributed by atoms with Crippen molar-refractivity contribution < 1.29 is 22.7 Å². The quantitative estimate of drug-likeness (QED) is 0.677. The summed E-state index contributed by atoms with van der Waals surface area (Å²) in [6, 6.07) is 3.88. The van der Waals surface area contributed by atoms with E-state index < -0.39 is 11.7 Å². The van der Waals surface area contributed by atoms with Crippen LogP contribution in [0.15, 0.2) is 18.2 Å². The number of benzene rings is 1. The molecule has 0 aliphatic carbocycles. The number of carbonyl (C=O) groups excluding carboxylic acids is 1. The van der Waals surface area contributed by atoms with Crippen LogP contribution in [0.5, 0.6) is 5.75 Å². The molecule has 1 aliphatic heterocycles. The van der Waals surface area contributed by atoms with Crippen molar-refractivity contribution in [1.29, 1.82) is 0 Å². The van der Waals surface area contributed by atoms with Gasteiger partial charge in [0, 0.05) is 13.0 Å². The van der Waals surface area contributed by atoms with Gasteiger partial charge in [-0.25, -0.2) is 0 Å². The fourth-order valence-corrected chi connectivity index (χ4v) is 3.46. The Kier molecular flexibility index (Phi) is 9.57. The minimum atomic E-state index is -4.50. The predicted octanol–water partition coefficient (Wildman–Crippen LogP) is 4.56. The molecule has 2 N–H and O–H groups in total. The van der Waals surface area contributed by atoms with Gasteiger partial charge in [0.05, 0.1) is 11.7 Å². The first-order valence-electron chi connectivity index (χ1n) is 9.51. The lowest BCUT2D eigenvalue weighted by atomic mass is 9.84. The van der Waals surface area contributed by atoms with Crippen LogP contribution in [0.25, 0.3) is 0 Å². The molecule has 28 heavy (non-hydrogen) atoms. The van der Waals surface area contributed by atoms with Gasteiger partial charge >= 0.3 is 6.18 Å². The molecule has 1 atom stereocenters. The Hall–Kier alpha value is -1.47. The Balaban J connectivity index is 0.00000392. The standard InChI is InChI=1S/C20H29F3N2O2.ClH/c1-13(2)27-17-5-4-16(18(11-17)20(21,22)23)12-25-19(26)10-14(3)15-6-8-24-9-7-15;/h4-5,11,13-15,24H,6-10,12H2,1-3H3,(H,25,26);1H. The molecule has 1 aliphatic rings. The molecular weight excluding hydrogens is 393 g/mol. The first-order chi connectivity index (χ1) is 12.7. The number of nitrogens with one attached hydrogen (secondary N) is 2. The van der Waals surface area contributed by atoms with Gasteiger partial charge in [0.1, 0.15) is 5.75 Å². The highest BCUT2D eigenvalue weighted by atomic mass is 35.5. The van der Waals surface area contributed by atoms with Crippen LogP contribution in [-0.4, -0.2) is 25.1 Å². The largest absolute Gasteiger partial charge is 0.491 e. The van der Waals surface area contributed by atoms with Crippen molar-refractivity contribution in [3.8, 4) is 5.75 Å². The Morgan fingerprint density at radius 1 is 1.25 bits per heavy atom. The second-order valence-electron chi connectivity index (χ2n) is 7.53. The van der Waals surface area contributed by atoms with Gasteiger partial charge in [0.15, 0.2) is 0 Å². The van der Waals surface area contributed by atoms with Gasteiger partial charge < -0.3 is 15.4 Å². The van der Waals surface area contributed by atoms with E-state index in [9.17, 15) is 18.0 Å². The lowest BCUT2D eigenvalue weighted by Gasteiger charge is -2.28. The summed E-state index contributed by atoms with van der Waals surface area (Å²) in [7, 11) is 0. The Morgan fingerprint density at radius 2 is 1.89 bits per heavy atom. The normalized spacial score (nSPS) is 16.4. The Bertz CT molecular complexity index is 632. The molecule has 0 radical (unpaired) electrons. The molecule has 2 rings (SSSR count). The van der Waals surface area contributed by atoms with Gasteiger partial charge in [-0.15, -0.1) is 12.4 Å². The molecule has 4 nitrogen and oxygen atoms in total. The summed E-state index contributed by atoms with van der Waals surface area (Å²) in [5.41, 5.74) is -0.728. The van der Waals surface area contributed by atoms with Gasteiger partial charge in [-0.1, -0.05) is 13.0 Å². The van der Waals surface area contributed by atoms with Gasteiger partial charge in [0.25, 0.3) is 0 Å². The first kappa shape index (κ1) is 24.6. The van der Waals surface area contributed by atoms with E-state index in [0.29, 0.717) is 12.3 Å². The highest BCUT2D eigenvalue weighted by molar-refractivity contribution is 5.85. The van der Waals surface area contributed by atoms with Gasteiger partial charge in [-0.3, -0.25) is 4.79 Å². The number of halogens is 4. The summed E-state index contributed by atoms with van der Waals surface area (Å²) in [5.74, 6) is 0.662. The molecule has 1 amide bonds. The lowest BCUT2D eigenvalue weighted by Crippen LogP contribution is -2.33. The molecule has 1 heterocycles. The summed E-state index contributed by atoms with van der Waals surface area (Å²) in [4.78, 5) is 12.2. The Morgan fingerprint density at radius 3 is 2.46 bits per heavy atom. The average Bonchev–Trinajstić information content (AvgIpc) is 2.60.